The molecule has 0 unspecified atom stereocenters. The summed E-state index contributed by atoms with van der Waals surface area (Å²) in [6.07, 6.45) is -4.72. The number of rotatable bonds is 7. The average molecular weight is 637 g/mol. The first-order valence-corrected chi connectivity index (χ1v) is 17.2. The number of likely N-dealkylation sites (tertiary alicyclic amines) is 1. The molecule has 0 spiro atoms. The second-order valence-electron chi connectivity index (χ2n) is 11.4. The van der Waals surface area contributed by atoms with Crippen LogP contribution in [-0.4, -0.2) is 94.4 Å². The van der Waals surface area contributed by atoms with Gasteiger partial charge in [-0.15, -0.1) is 11.3 Å². The number of nitrogens with one attached hydrogen (secondary N) is 2. The van der Waals surface area contributed by atoms with Crippen LogP contribution in [0.2, 0.25) is 0 Å². The summed E-state index contributed by atoms with van der Waals surface area (Å²) in [6, 6.07) is 10.2. The highest BCUT2D eigenvalue weighted by Crippen LogP contribution is 2.47. The summed E-state index contributed by atoms with van der Waals surface area (Å²) in [5.74, 6) is 6.48. The Bertz CT molecular complexity index is 1550. The fraction of sp³-hybridized carbons (Fsp3) is 0.484. The maximum Gasteiger partial charge on any atom is 0.393 e. The van der Waals surface area contributed by atoms with E-state index in [9.17, 15) is 22.1 Å². The number of anilines is 2. The summed E-state index contributed by atoms with van der Waals surface area (Å²) >= 11 is 1.20. The van der Waals surface area contributed by atoms with Crippen molar-refractivity contribution in [2.45, 2.75) is 31.2 Å². The lowest BCUT2D eigenvalue weighted by atomic mass is 10.0. The molecule has 2 aliphatic heterocycles. The molecule has 0 aliphatic carbocycles. The predicted molar refractivity (Wildman–Crippen MR) is 169 cm³/mol. The minimum absolute atomic E-state index is 0.133. The van der Waals surface area contributed by atoms with Gasteiger partial charge in [-0.1, -0.05) is 24.0 Å². The summed E-state index contributed by atoms with van der Waals surface area (Å²) in [7, 11) is 2.95. The number of hydrogen-bond donors (Lipinski definition) is 2. The van der Waals surface area contributed by atoms with E-state index < -0.39 is 32.0 Å². The molecule has 2 fully saturated rings. The molecule has 3 heterocycles. The highest BCUT2D eigenvalue weighted by molar-refractivity contribution is 7.71. The normalized spacial score (nSPS) is 21.3. The minimum Gasteiger partial charge on any atom is -0.495 e. The lowest BCUT2D eigenvalue weighted by Gasteiger charge is -2.33. The van der Waals surface area contributed by atoms with Crippen molar-refractivity contribution in [1.82, 2.24) is 9.80 Å². The number of piperidine rings is 1. The van der Waals surface area contributed by atoms with Gasteiger partial charge in [0, 0.05) is 43.8 Å². The van der Waals surface area contributed by atoms with Gasteiger partial charge in [-0.3, -0.25) is 0 Å². The molecule has 3 aromatic rings. The lowest BCUT2D eigenvalue weighted by molar-refractivity contribution is -0.126. The molecule has 6 nitrogen and oxygen atoms in total. The van der Waals surface area contributed by atoms with Gasteiger partial charge in [0.05, 0.1) is 47.1 Å². The number of hydrogen-bond acceptors (Lipinski definition) is 7. The Hall–Kier alpha value is -2.77. The van der Waals surface area contributed by atoms with E-state index in [0.29, 0.717) is 57.4 Å². The molecule has 12 heteroatoms. The van der Waals surface area contributed by atoms with Crippen molar-refractivity contribution in [1.29, 1.82) is 0 Å². The van der Waals surface area contributed by atoms with Crippen molar-refractivity contribution in [2.24, 2.45) is 0 Å². The topological polar surface area (TPSA) is 56.8 Å². The molecule has 1 aromatic heterocycles. The fourth-order valence-corrected chi connectivity index (χ4v) is 9.61. The van der Waals surface area contributed by atoms with Crippen molar-refractivity contribution in [3.8, 4) is 17.6 Å². The Morgan fingerprint density at radius 3 is 2.56 bits per heavy atom. The molecule has 0 radical (unpaired) electrons. The third-order valence-electron chi connectivity index (χ3n) is 8.19. The molecule has 2 aliphatic rings. The van der Waals surface area contributed by atoms with Gasteiger partial charge in [-0.05, 0) is 55.7 Å². The molecule has 2 saturated heterocycles. The van der Waals surface area contributed by atoms with Crippen molar-refractivity contribution >= 4 is 45.2 Å². The Morgan fingerprint density at radius 1 is 1.09 bits per heavy atom. The Kier molecular flexibility index (Phi) is 9.62. The SMILES string of the molecule is COc1cc(P2(=O)CCN(C)CC2)ccc1NCC#Cc1sc2c(N[C@@H]3CCN(C)C[C@H]3F)cccc2c1CC(F)(F)F. The first-order chi connectivity index (χ1) is 20.5. The maximum atomic E-state index is 14.7. The number of benzene rings is 2. The second kappa shape index (κ2) is 13.1. The third kappa shape index (κ3) is 7.49. The molecule has 232 valence electrons. The van der Waals surface area contributed by atoms with E-state index in [1.165, 1.54) is 11.3 Å². The highest BCUT2D eigenvalue weighted by Gasteiger charge is 2.33. The molecule has 5 rings (SSSR count). The summed E-state index contributed by atoms with van der Waals surface area (Å²) in [4.78, 5) is 4.44. The molecular weight excluding hydrogens is 599 g/mol. The number of ether oxygens (including phenoxy) is 1. The van der Waals surface area contributed by atoms with Crippen LogP contribution >= 0.6 is 18.5 Å². The van der Waals surface area contributed by atoms with Crippen LogP contribution in [0.1, 0.15) is 16.9 Å². The number of methoxy groups -OCH3 is 1. The van der Waals surface area contributed by atoms with Crippen LogP contribution in [0, 0.1) is 11.8 Å². The summed E-state index contributed by atoms with van der Waals surface area (Å²) in [6.45, 7) is 2.80. The molecule has 2 N–H and O–H groups in total. The second-order valence-corrected chi connectivity index (χ2v) is 15.6. The van der Waals surface area contributed by atoms with E-state index in [0.717, 1.165) is 24.9 Å². The smallest absolute Gasteiger partial charge is 0.393 e. The van der Waals surface area contributed by atoms with Crippen LogP contribution in [0.5, 0.6) is 5.75 Å². The molecule has 2 aromatic carbocycles. The third-order valence-corrected chi connectivity index (χ3v) is 12.5. The molecule has 43 heavy (non-hydrogen) atoms. The minimum atomic E-state index is -4.41. The largest absolute Gasteiger partial charge is 0.495 e. The molecule has 0 amide bonds. The van der Waals surface area contributed by atoms with Gasteiger partial charge in [-0.2, -0.15) is 13.2 Å². The monoisotopic (exact) mass is 636 g/mol. The first-order valence-electron chi connectivity index (χ1n) is 14.3. The summed E-state index contributed by atoms with van der Waals surface area (Å²) in [5.41, 5.74) is 1.43. The Balaban J connectivity index is 1.36. The van der Waals surface area contributed by atoms with Gasteiger partial charge in [0.15, 0.2) is 0 Å². The van der Waals surface area contributed by atoms with Crippen molar-refractivity contribution in [2.75, 3.05) is 76.9 Å². The quantitative estimate of drug-likeness (QED) is 0.193. The van der Waals surface area contributed by atoms with E-state index >= 15 is 0 Å². The van der Waals surface area contributed by atoms with Gasteiger partial charge < -0.3 is 29.7 Å². The Morgan fingerprint density at radius 2 is 1.86 bits per heavy atom. The van der Waals surface area contributed by atoms with Crippen molar-refractivity contribution < 1.29 is 26.9 Å². The van der Waals surface area contributed by atoms with Gasteiger partial charge in [0.2, 0.25) is 0 Å². The van der Waals surface area contributed by atoms with E-state index in [2.05, 4.69) is 27.4 Å². The van der Waals surface area contributed by atoms with Crippen LogP contribution in [0.25, 0.3) is 10.1 Å². The van der Waals surface area contributed by atoms with Crippen molar-refractivity contribution in [3.63, 3.8) is 0 Å². The predicted octanol–water partition coefficient (Wildman–Crippen LogP) is 5.87. The molecule has 2 atom stereocenters. The lowest BCUT2D eigenvalue weighted by Crippen LogP contribution is -2.46. The standard InChI is InChI=1S/C31H37F4N4O2PS/c1-38-14-16-42(40,17-15-38)21-9-10-26(28(18-21)41-3)36-12-5-8-29-23(19-31(33,34)35)22-6-4-7-27(30(22)43-29)37-25-11-13-39(2)20-24(25)32/h4,6-7,9-10,18,24-25,36-37H,11-17,19-20H2,1-3H3/t24-,25-/m1/s1. The Labute approximate surface area is 254 Å². The number of nitrogens with zero attached hydrogens (tertiary/aromatic N) is 2. The highest BCUT2D eigenvalue weighted by atomic mass is 32.1. The van der Waals surface area contributed by atoms with Crippen LogP contribution in [0.3, 0.4) is 0 Å². The average Bonchev–Trinajstić information content (AvgIpc) is 3.30. The fourth-order valence-electron chi connectivity index (χ4n) is 5.67. The van der Waals surface area contributed by atoms with E-state index in [-0.39, 0.29) is 12.1 Å². The number of halogens is 4. The first kappa shape index (κ1) is 31.6. The molecule has 0 bridgehead atoms. The van der Waals surface area contributed by atoms with Crippen molar-refractivity contribution in [3.05, 3.63) is 46.8 Å². The molecule has 0 saturated carbocycles. The number of thiophene rings is 1. The van der Waals surface area contributed by atoms with Gasteiger partial charge in [0.25, 0.3) is 0 Å². The van der Waals surface area contributed by atoms with Crippen LogP contribution in [-0.2, 0) is 11.0 Å². The van der Waals surface area contributed by atoms with Gasteiger partial charge in [0.1, 0.15) is 19.1 Å². The van der Waals surface area contributed by atoms with Gasteiger partial charge >= 0.3 is 6.18 Å². The zero-order chi connectivity index (χ0) is 30.8. The number of alkyl halides is 4. The summed E-state index contributed by atoms with van der Waals surface area (Å²) in [5, 5.41) is 7.72. The zero-order valence-electron chi connectivity index (χ0n) is 24.6. The summed E-state index contributed by atoms with van der Waals surface area (Å²) < 4.78 is 75.4. The van der Waals surface area contributed by atoms with E-state index in [1.54, 1.807) is 25.3 Å². The van der Waals surface area contributed by atoms with Crippen LogP contribution < -0.4 is 20.7 Å². The zero-order valence-corrected chi connectivity index (χ0v) is 26.3. The molecular formula is C31H37F4N4O2PS. The van der Waals surface area contributed by atoms with E-state index in [4.69, 9.17) is 4.74 Å². The van der Waals surface area contributed by atoms with Gasteiger partial charge in [-0.25, -0.2) is 4.39 Å². The maximum absolute atomic E-state index is 14.7. The van der Waals surface area contributed by atoms with Crippen LogP contribution in [0.4, 0.5) is 28.9 Å². The van der Waals surface area contributed by atoms with Crippen LogP contribution in [0.15, 0.2) is 36.4 Å². The van der Waals surface area contributed by atoms with E-state index in [1.807, 2.05) is 37.2 Å². The number of fused-ring (bicyclic) bond motifs is 1.